The summed E-state index contributed by atoms with van der Waals surface area (Å²) in [5.74, 6) is 1.85. The normalized spacial score (nSPS) is 18.9. The molecule has 2 aromatic carbocycles. The smallest absolute Gasteiger partial charge is 0.167 e. The van der Waals surface area contributed by atoms with E-state index in [1.807, 2.05) is 43.0 Å². The second kappa shape index (κ2) is 8.13. The van der Waals surface area contributed by atoms with Crippen molar-refractivity contribution < 1.29 is 9.90 Å². The van der Waals surface area contributed by atoms with Crippen LogP contribution in [-0.4, -0.2) is 16.6 Å². The van der Waals surface area contributed by atoms with Crippen LogP contribution in [0.25, 0.3) is 5.57 Å². The minimum Gasteiger partial charge on any atom is -0.512 e. The Hall–Kier alpha value is -2.00. The van der Waals surface area contributed by atoms with Gasteiger partial charge in [-0.1, -0.05) is 48.9 Å². The lowest BCUT2D eigenvalue weighted by molar-refractivity contribution is -0.115. The molecular weight excluding hydrogens is 340 g/mol. The van der Waals surface area contributed by atoms with Crippen molar-refractivity contribution in [3.05, 3.63) is 71.0 Å². The van der Waals surface area contributed by atoms with E-state index < -0.39 is 0 Å². The first kappa shape index (κ1) is 18.8. The van der Waals surface area contributed by atoms with Gasteiger partial charge in [-0.15, -0.1) is 11.8 Å². The molecule has 0 amide bonds. The van der Waals surface area contributed by atoms with Gasteiger partial charge in [0.05, 0.1) is 5.57 Å². The molecule has 1 N–H and O–H groups in total. The summed E-state index contributed by atoms with van der Waals surface area (Å²) in [7, 11) is 0. The monoisotopic (exact) mass is 366 g/mol. The number of thioether (sulfide) groups is 1. The number of aliphatic hydroxyl groups excluding tert-OH is 1. The largest absolute Gasteiger partial charge is 0.512 e. The van der Waals surface area contributed by atoms with Crippen molar-refractivity contribution in [3.8, 4) is 0 Å². The number of aryl methyl sites for hydroxylation is 2. The molecule has 0 heterocycles. The Labute approximate surface area is 160 Å². The van der Waals surface area contributed by atoms with E-state index in [-0.39, 0.29) is 17.5 Å². The number of ketones is 1. The van der Waals surface area contributed by atoms with Crippen LogP contribution in [0, 0.1) is 25.7 Å². The van der Waals surface area contributed by atoms with Crippen molar-refractivity contribution in [3.63, 3.8) is 0 Å². The van der Waals surface area contributed by atoms with Crippen LogP contribution in [0.3, 0.4) is 0 Å². The Kier molecular flexibility index (Phi) is 5.87. The van der Waals surface area contributed by atoms with Crippen LogP contribution in [0.1, 0.15) is 36.5 Å². The zero-order chi connectivity index (χ0) is 18.7. The Bertz CT molecular complexity index is 820. The lowest BCUT2D eigenvalue weighted by atomic mass is 9.78. The Balaban J connectivity index is 1.69. The van der Waals surface area contributed by atoms with E-state index in [1.54, 1.807) is 0 Å². The Morgan fingerprint density at radius 3 is 2.42 bits per heavy atom. The van der Waals surface area contributed by atoms with Crippen LogP contribution >= 0.6 is 11.8 Å². The quantitative estimate of drug-likeness (QED) is 0.661. The van der Waals surface area contributed by atoms with Gasteiger partial charge < -0.3 is 5.11 Å². The van der Waals surface area contributed by atoms with Gasteiger partial charge in [-0.2, -0.15) is 0 Å². The third-order valence-corrected chi connectivity index (χ3v) is 6.52. The molecule has 1 aliphatic rings. The van der Waals surface area contributed by atoms with E-state index in [9.17, 15) is 9.90 Å². The fourth-order valence-electron chi connectivity index (χ4n) is 3.48. The molecule has 3 heteroatoms. The fraction of sp³-hybridized carbons (Fsp3) is 0.348. The molecule has 0 saturated heterocycles. The molecule has 0 bridgehead atoms. The molecule has 0 spiro atoms. The average Bonchev–Trinajstić information content (AvgIpc) is 2.62. The minimum absolute atomic E-state index is 0.0697. The first-order chi connectivity index (χ1) is 12.5. The first-order valence-corrected chi connectivity index (χ1v) is 10.1. The molecular formula is C23H26O2S. The van der Waals surface area contributed by atoms with Gasteiger partial charge in [-0.3, -0.25) is 4.79 Å². The molecule has 26 heavy (non-hydrogen) atoms. The van der Waals surface area contributed by atoms with E-state index in [0.29, 0.717) is 24.3 Å². The number of rotatable bonds is 5. The summed E-state index contributed by atoms with van der Waals surface area (Å²) in [6.07, 6.45) is 1.11. The van der Waals surface area contributed by atoms with Gasteiger partial charge in [0.25, 0.3) is 0 Å². The van der Waals surface area contributed by atoms with Gasteiger partial charge in [0.15, 0.2) is 5.78 Å². The van der Waals surface area contributed by atoms with E-state index >= 15 is 0 Å². The number of aliphatic hydroxyl groups is 1. The molecule has 0 radical (unpaired) electrons. The molecule has 136 valence electrons. The molecule has 0 aliphatic heterocycles. The molecule has 0 saturated carbocycles. The number of carbonyl (C=O) groups excluding carboxylic acids is 1. The van der Waals surface area contributed by atoms with E-state index in [1.165, 1.54) is 10.5 Å². The van der Waals surface area contributed by atoms with Gasteiger partial charge in [0, 0.05) is 23.5 Å². The maximum absolute atomic E-state index is 12.8. The highest BCUT2D eigenvalue weighted by atomic mass is 32.2. The lowest BCUT2D eigenvalue weighted by Gasteiger charge is -2.28. The molecule has 3 rings (SSSR count). The Morgan fingerprint density at radius 2 is 1.77 bits per heavy atom. The standard InChI is InChI=1S/C23H26O2S/c1-15-8-10-19(11-9-15)26-14-17(3)18-12-21(24)23(22(25)13-18)20-7-5-4-6-16(20)2/h4-11,17-18,24H,12-14H2,1-3H3. The van der Waals surface area contributed by atoms with Gasteiger partial charge in [0.1, 0.15) is 5.76 Å². The topological polar surface area (TPSA) is 37.3 Å². The van der Waals surface area contributed by atoms with E-state index in [4.69, 9.17) is 0 Å². The molecule has 2 unspecified atom stereocenters. The van der Waals surface area contributed by atoms with Crippen molar-refractivity contribution >= 4 is 23.1 Å². The highest BCUT2D eigenvalue weighted by Gasteiger charge is 2.32. The zero-order valence-electron chi connectivity index (χ0n) is 15.7. The van der Waals surface area contributed by atoms with Crippen LogP contribution < -0.4 is 0 Å². The summed E-state index contributed by atoms with van der Waals surface area (Å²) in [6, 6.07) is 16.3. The summed E-state index contributed by atoms with van der Waals surface area (Å²) in [5, 5.41) is 10.6. The average molecular weight is 367 g/mol. The second-order valence-electron chi connectivity index (χ2n) is 7.33. The van der Waals surface area contributed by atoms with Crippen LogP contribution in [0.2, 0.25) is 0 Å². The first-order valence-electron chi connectivity index (χ1n) is 9.16. The van der Waals surface area contributed by atoms with Gasteiger partial charge in [0.2, 0.25) is 0 Å². The fourth-order valence-corrected chi connectivity index (χ4v) is 4.54. The van der Waals surface area contributed by atoms with Crippen molar-refractivity contribution in [1.29, 1.82) is 0 Å². The molecule has 0 fully saturated rings. The van der Waals surface area contributed by atoms with Crippen molar-refractivity contribution in [2.75, 3.05) is 5.75 Å². The highest BCUT2D eigenvalue weighted by Crippen LogP contribution is 2.37. The summed E-state index contributed by atoms with van der Waals surface area (Å²) in [4.78, 5) is 14.0. The summed E-state index contributed by atoms with van der Waals surface area (Å²) < 4.78 is 0. The molecule has 1 aliphatic carbocycles. The number of benzene rings is 2. The number of allylic oxidation sites excluding steroid dienone is 2. The highest BCUT2D eigenvalue weighted by molar-refractivity contribution is 7.99. The second-order valence-corrected chi connectivity index (χ2v) is 8.42. The predicted molar refractivity (Wildman–Crippen MR) is 110 cm³/mol. The van der Waals surface area contributed by atoms with Crippen molar-refractivity contribution in [2.24, 2.45) is 11.8 Å². The third-order valence-electron chi connectivity index (χ3n) is 5.22. The maximum atomic E-state index is 12.8. The molecule has 2 aromatic rings. The van der Waals surface area contributed by atoms with E-state index in [0.717, 1.165) is 16.9 Å². The van der Waals surface area contributed by atoms with Crippen LogP contribution in [0.4, 0.5) is 0 Å². The predicted octanol–water partition coefficient (Wildman–Crippen LogP) is 5.98. The third kappa shape index (κ3) is 4.21. The van der Waals surface area contributed by atoms with Crippen LogP contribution in [-0.2, 0) is 4.79 Å². The molecule has 2 nitrogen and oxygen atoms in total. The van der Waals surface area contributed by atoms with Gasteiger partial charge in [-0.05, 0) is 48.9 Å². The Morgan fingerprint density at radius 1 is 1.08 bits per heavy atom. The zero-order valence-corrected chi connectivity index (χ0v) is 16.5. The summed E-state index contributed by atoms with van der Waals surface area (Å²) in [5.41, 5.74) is 3.69. The van der Waals surface area contributed by atoms with Gasteiger partial charge in [-0.25, -0.2) is 0 Å². The number of hydrogen-bond donors (Lipinski definition) is 1. The van der Waals surface area contributed by atoms with Crippen LogP contribution in [0.5, 0.6) is 0 Å². The lowest BCUT2D eigenvalue weighted by Crippen LogP contribution is -2.25. The molecule has 2 atom stereocenters. The van der Waals surface area contributed by atoms with Crippen molar-refractivity contribution in [2.45, 2.75) is 38.5 Å². The number of hydrogen-bond acceptors (Lipinski definition) is 3. The van der Waals surface area contributed by atoms with E-state index in [2.05, 4.69) is 38.1 Å². The van der Waals surface area contributed by atoms with Crippen LogP contribution in [0.15, 0.2) is 59.2 Å². The summed E-state index contributed by atoms with van der Waals surface area (Å²) in [6.45, 7) is 6.26. The number of Topliss-reactive ketones (excluding diaryl/α,β-unsaturated/α-hetero) is 1. The minimum atomic E-state index is 0.0697. The SMILES string of the molecule is Cc1ccc(SCC(C)C2CC(=O)C(c3ccccc3C)=C(O)C2)cc1. The number of carbonyl (C=O) groups is 1. The van der Waals surface area contributed by atoms with Crippen molar-refractivity contribution in [1.82, 2.24) is 0 Å². The molecule has 0 aromatic heterocycles. The summed E-state index contributed by atoms with van der Waals surface area (Å²) >= 11 is 1.82. The van der Waals surface area contributed by atoms with Gasteiger partial charge >= 0.3 is 0 Å². The maximum Gasteiger partial charge on any atom is 0.167 e.